The molecular formula is C9H14O. The van der Waals surface area contributed by atoms with Crippen molar-refractivity contribution in [3.05, 3.63) is 0 Å². The summed E-state index contributed by atoms with van der Waals surface area (Å²) in [7, 11) is 0. The summed E-state index contributed by atoms with van der Waals surface area (Å²) >= 11 is 0. The summed E-state index contributed by atoms with van der Waals surface area (Å²) in [6, 6.07) is 0. The van der Waals surface area contributed by atoms with Crippen molar-refractivity contribution in [1.82, 2.24) is 0 Å². The van der Waals surface area contributed by atoms with Crippen LogP contribution < -0.4 is 0 Å². The Morgan fingerprint density at radius 3 is 2.90 bits per heavy atom. The summed E-state index contributed by atoms with van der Waals surface area (Å²) in [6.45, 7) is 2.29. The summed E-state index contributed by atoms with van der Waals surface area (Å²) in [5.41, 5.74) is 0.730. The predicted octanol–water partition coefficient (Wildman–Crippen LogP) is 2.11. The highest BCUT2D eigenvalue weighted by Gasteiger charge is 2.66. The van der Waals surface area contributed by atoms with Gasteiger partial charge in [-0.3, -0.25) is 0 Å². The molecule has 2 aliphatic heterocycles. The maximum atomic E-state index is 6.05. The average Bonchev–Trinajstić information content (AvgIpc) is 2.35. The van der Waals surface area contributed by atoms with Crippen LogP contribution >= 0.6 is 0 Å². The highest BCUT2D eigenvalue weighted by molar-refractivity contribution is 5.16. The van der Waals surface area contributed by atoms with E-state index in [-0.39, 0.29) is 0 Å². The zero-order valence-electron chi connectivity index (χ0n) is 6.52. The molecule has 1 heteroatoms. The van der Waals surface area contributed by atoms with Crippen LogP contribution in [0.15, 0.2) is 0 Å². The van der Waals surface area contributed by atoms with Crippen molar-refractivity contribution in [2.75, 3.05) is 0 Å². The first-order valence-electron chi connectivity index (χ1n) is 4.43. The van der Waals surface area contributed by atoms with E-state index in [0.29, 0.717) is 11.2 Å². The first-order valence-corrected chi connectivity index (χ1v) is 4.43. The van der Waals surface area contributed by atoms with Gasteiger partial charge < -0.3 is 4.74 Å². The fourth-order valence-electron chi connectivity index (χ4n) is 3.07. The molecule has 0 N–H and O–H groups in total. The van der Waals surface area contributed by atoms with Crippen LogP contribution in [0, 0.1) is 5.92 Å². The van der Waals surface area contributed by atoms with E-state index in [2.05, 4.69) is 6.92 Å². The van der Waals surface area contributed by atoms with E-state index in [1.54, 1.807) is 0 Å². The molecule has 3 rings (SSSR count). The second-order valence-corrected chi connectivity index (χ2v) is 4.58. The van der Waals surface area contributed by atoms with Gasteiger partial charge in [-0.05, 0) is 44.9 Å². The Morgan fingerprint density at radius 2 is 2.20 bits per heavy atom. The summed E-state index contributed by atoms with van der Waals surface area (Å²) < 4.78 is 6.05. The van der Waals surface area contributed by atoms with Crippen LogP contribution in [0.2, 0.25) is 0 Å². The normalized spacial score (nSPS) is 63.9. The molecule has 0 aromatic carbocycles. The van der Waals surface area contributed by atoms with Gasteiger partial charge in [0.25, 0.3) is 0 Å². The quantitative estimate of drug-likeness (QED) is 0.498. The third kappa shape index (κ3) is 0.493. The van der Waals surface area contributed by atoms with Gasteiger partial charge in [-0.15, -0.1) is 0 Å². The Balaban J connectivity index is 1.98. The number of hydrogen-bond acceptors (Lipinski definition) is 1. The Hall–Kier alpha value is -0.0400. The van der Waals surface area contributed by atoms with Crippen molar-refractivity contribution in [2.24, 2.45) is 5.92 Å². The third-order valence-electron chi connectivity index (χ3n) is 3.61. The van der Waals surface area contributed by atoms with Crippen molar-refractivity contribution in [2.45, 2.75) is 50.2 Å². The molecule has 1 saturated carbocycles. The maximum Gasteiger partial charge on any atom is 0.0723 e. The fraction of sp³-hybridized carbons (Fsp3) is 1.00. The van der Waals surface area contributed by atoms with E-state index in [4.69, 9.17) is 4.74 Å². The van der Waals surface area contributed by atoms with Crippen molar-refractivity contribution in [3.8, 4) is 0 Å². The molecule has 0 amide bonds. The predicted molar refractivity (Wildman–Crippen MR) is 38.8 cm³/mol. The molecule has 3 fully saturated rings. The molecule has 1 spiro atoms. The minimum absolute atomic E-state index is 0.307. The smallest absolute Gasteiger partial charge is 0.0723 e. The second kappa shape index (κ2) is 1.29. The number of rotatable bonds is 0. The summed E-state index contributed by atoms with van der Waals surface area (Å²) in [5, 5.41) is 0. The second-order valence-electron chi connectivity index (χ2n) is 4.58. The fourth-order valence-corrected chi connectivity index (χ4v) is 3.07. The van der Waals surface area contributed by atoms with E-state index in [0.717, 1.165) is 5.92 Å². The maximum absolute atomic E-state index is 6.05. The molecule has 10 heavy (non-hydrogen) atoms. The molecular weight excluding hydrogens is 124 g/mol. The lowest BCUT2D eigenvalue weighted by molar-refractivity contribution is -0.0997. The highest BCUT2D eigenvalue weighted by Crippen LogP contribution is 2.65. The monoisotopic (exact) mass is 138 g/mol. The van der Waals surface area contributed by atoms with Crippen LogP contribution in [0.5, 0.6) is 0 Å². The lowest BCUT2D eigenvalue weighted by Gasteiger charge is -2.33. The van der Waals surface area contributed by atoms with Crippen LogP contribution in [-0.2, 0) is 4.74 Å². The molecule has 1 aliphatic carbocycles. The van der Waals surface area contributed by atoms with Gasteiger partial charge in [-0.2, -0.15) is 0 Å². The van der Waals surface area contributed by atoms with Crippen LogP contribution in [0.4, 0.5) is 0 Å². The van der Waals surface area contributed by atoms with Gasteiger partial charge in [0.15, 0.2) is 0 Å². The topological polar surface area (TPSA) is 9.23 Å². The summed E-state index contributed by atoms with van der Waals surface area (Å²) in [5.74, 6) is 0.958. The average molecular weight is 138 g/mol. The van der Waals surface area contributed by atoms with E-state index in [1.165, 1.54) is 32.1 Å². The van der Waals surface area contributed by atoms with Crippen LogP contribution in [-0.4, -0.2) is 11.2 Å². The van der Waals surface area contributed by atoms with Crippen molar-refractivity contribution in [3.63, 3.8) is 0 Å². The van der Waals surface area contributed by atoms with Crippen LogP contribution in [0.25, 0.3) is 0 Å². The lowest BCUT2D eigenvalue weighted by Crippen LogP contribution is -2.33. The van der Waals surface area contributed by atoms with Crippen molar-refractivity contribution in [1.29, 1.82) is 0 Å². The van der Waals surface area contributed by atoms with E-state index < -0.39 is 0 Å². The standard InChI is InChI=1S/C9H14O/c1-8-3-2-4-9(10-8)6-7(9)5-8/h7H,2-6H2,1H3. The van der Waals surface area contributed by atoms with Crippen molar-refractivity contribution >= 4 is 0 Å². The number of fused-ring (bicyclic) bond motifs is 1. The van der Waals surface area contributed by atoms with Gasteiger partial charge in [0.1, 0.15) is 0 Å². The molecule has 0 aromatic heterocycles. The molecule has 3 unspecified atom stereocenters. The molecule has 3 atom stereocenters. The minimum Gasteiger partial charge on any atom is -0.369 e. The Morgan fingerprint density at radius 1 is 1.30 bits per heavy atom. The molecule has 56 valence electrons. The Kier molecular flexibility index (Phi) is 0.722. The van der Waals surface area contributed by atoms with Gasteiger partial charge >= 0.3 is 0 Å². The lowest BCUT2D eigenvalue weighted by atomic mass is 9.94. The van der Waals surface area contributed by atoms with Crippen LogP contribution in [0.3, 0.4) is 0 Å². The first kappa shape index (κ1) is 5.59. The van der Waals surface area contributed by atoms with E-state index >= 15 is 0 Å². The summed E-state index contributed by atoms with van der Waals surface area (Å²) in [6.07, 6.45) is 6.81. The first-order chi connectivity index (χ1) is 4.73. The molecule has 2 heterocycles. The molecule has 3 aliphatic rings. The SMILES string of the molecule is CC12CCCC3(CC3C1)O2. The molecule has 1 nitrogen and oxygen atoms in total. The zero-order chi connectivity index (χ0) is 6.82. The largest absolute Gasteiger partial charge is 0.369 e. The van der Waals surface area contributed by atoms with E-state index in [1.807, 2.05) is 0 Å². The van der Waals surface area contributed by atoms with Crippen LogP contribution in [0.1, 0.15) is 39.0 Å². The molecule has 0 radical (unpaired) electrons. The molecule has 2 bridgehead atoms. The third-order valence-corrected chi connectivity index (χ3v) is 3.61. The number of ether oxygens (including phenoxy) is 1. The summed E-state index contributed by atoms with van der Waals surface area (Å²) in [4.78, 5) is 0. The van der Waals surface area contributed by atoms with Gasteiger partial charge in [0, 0.05) is 0 Å². The van der Waals surface area contributed by atoms with Gasteiger partial charge in [0.2, 0.25) is 0 Å². The van der Waals surface area contributed by atoms with Gasteiger partial charge in [-0.1, -0.05) is 0 Å². The minimum atomic E-state index is 0.307. The zero-order valence-corrected chi connectivity index (χ0v) is 6.52. The number of hydrogen-bond donors (Lipinski definition) is 0. The Labute approximate surface area is 61.8 Å². The Bertz CT molecular complexity index is 185. The van der Waals surface area contributed by atoms with Gasteiger partial charge in [-0.25, -0.2) is 0 Å². The molecule has 2 saturated heterocycles. The molecule has 0 aromatic rings. The highest BCUT2D eigenvalue weighted by atomic mass is 16.5. The van der Waals surface area contributed by atoms with Gasteiger partial charge in [0.05, 0.1) is 11.2 Å². The van der Waals surface area contributed by atoms with Crippen molar-refractivity contribution < 1.29 is 4.74 Å². The van der Waals surface area contributed by atoms with E-state index in [9.17, 15) is 0 Å².